The summed E-state index contributed by atoms with van der Waals surface area (Å²) in [6, 6.07) is 8.05. The summed E-state index contributed by atoms with van der Waals surface area (Å²) in [4.78, 5) is 4.36. The molecule has 94 valence electrons. The van der Waals surface area contributed by atoms with Crippen molar-refractivity contribution < 1.29 is 4.74 Å². The summed E-state index contributed by atoms with van der Waals surface area (Å²) in [7, 11) is 0. The fraction of sp³-hybridized carbons (Fsp3) is 0.385. The third-order valence-electron chi connectivity index (χ3n) is 3.22. The molecule has 1 aliphatic heterocycles. The van der Waals surface area contributed by atoms with E-state index in [1.165, 1.54) is 0 Å². The summed E-state index contributed by atoms with van der Waals surface area (Å²) in [5.41, 5.74) is 7.46. The van der Waals surface area contributed by atoms with Gasteiger partial charge in [-0.3, -0.25) is 0 Å². The zero-order chi connectivity index (χ0) is 12.4. The minimum absolute atomic E-state index is 0.404. The van der Waals surface area contributed by atoms with E-state index in [9.17, 15) is 0 Å². The minimum Gasteiger partial charge on any atom is -0.399 e. The molecule has 3 rings (SSSR count). The van der Waals surface area contributed by atoms with Gasteiger partial charge >= 0.3 is 0 Å². The van der Waals surface area contributed by atoms with Crippen LogP contribution >= 0.6 is 0 Å². The Balaban J connectivity index is 1.84. The van der Waals surface area contributed by atoms with Crippen LogP contribution in [0.15, 0.2) is 30.6 Å². The number of hydrogen-bond acceptors (Lipinski definition) is 4. The maximum atomic E-state index is 5.77. The van der Waals surface area contributed by atoms with E-state index in [1.807, 2.05) is 28.9 Å². The second-order valence-corrected chi connectivity index (χ2v) is 4.52. The number of nitrogens with zero attached hydrogens (tertiary/aromatic N) is 3. The topological polar surface area (TPSA) is 66.0 Å². The number of aromatic nitrogens is 3. The van der Waals surface area contributed by atoms with Gasteiger partial charge < -0.3 is 10.5 Å². The van der Waals surface area contributed by atoms with Crippen LogP contribution in [0.2, 0.25) is 0 Å². The van der Waals surface area contributed by atoms with Crippen molar-refractivity contribution in [2.45, 2.75) is 18.9 Å². The average Bonchev–Trinajstić information content (AvgIpc) is 2.89. The van der Waals surface area contributed by atoms with E-state index < -0.39 is 0 Å². The van der Waals surface area contributed by atoms with E-state index in [0.29, 0.717) is 6.04 Å². The van der Waals surface area contributed by atoms with Gasteiger partial charge in [0.25, 0.3) is 0 Å². The molecule has 0 radical (unpaired) electrons. The van der Waals surface area contributed by atoms with Crippen molar-refractivity contribution in [3.05, 3.63) is 30.6 Å². The third kappa shape index (κ3) is 2.22. The highest BCUT2D eigenvalue weighted by atomic mass is 16.5. The summed E-state index contributed by atoms with van der Waals surface area (Å²) < 4.78 is 7.30. The lowest BCUT2D eigenvalue weighted by molar-refractivity contribution is 0.0662. The molecule has 1 saturated heterocycles. The van der Waals surface area contributed by atoms with Crippen LogP contribution in [0, 0.1) is 0 Å². The molecule has 0 spiro atoms. The summed E-state index contributed by atoms with van der Waals surface area (Å²) >= 11 is 0. The quantitative estimate of drug-likeness (QED) is 0.819. The van der Waals surface area contributed by atoms with Gasteiger partial charge in [-0.2, -0.15) is 5.10 Å². The van der Waals surface area contributed by atoms with Crippen LogP contribution in [0.4, 0.5) is 5.69 Å². The van der Waals surface area contributed by atoms with Crippen LogP contribution in [-0.2, 0) is 4.74 Å². The second-order valence-electron chi connectivity index (χ2n) is 4.52. The Hall–Kier alpha value is -1.88. The van der Waals surface area contributed by atoms with Crippen LogP contribution in [0.3, 0.4) is 0 Å². The lowest BCUT2D eigenvalue weighted by atomic mass is 10.1. The first-order chi connectivity index (χ1) is 8.83. The summed E-state index contributed by atoms with van der Waals surface area (Å²) in [6.45, 7) is 1.61. The smallest absolute Gasteiger partial charge is 0.181 e. The van der Waals surface area contributed by atoms with Crippen LogP contribution in [0.5, 0.6) is 0 Å². The molecule has 1 aromatic carbocycles. The number of nitrogens with two attached hydrogens (primary N) is 1. The standard InChI is InChI=1S/C13H16N4O/c14-11-3-1-2-10(8-11)13-15-9-17(16-13)12-4-6-18-7-5-12/h1-3,8-9,12H,4-7,14H2. The molecule has 2 heterocycles. The summed E-state index contributed by atoms with van der Waals surface area (Å²) in [6.07, 6.45) is 3.80. The molecule has 1 fully saturated rings. The van der Waals surface area contributed by atoms with Gasteiger partial charge in [-0.05, 0) is 25.0 Å². The van der Waals surface area contributed by atoms with Crippen LogP contribution in [-0.4, -0.2) is 28.0 Å². The number of ether oxygens (including phenoxy) is 1. The highest BCUT2D eigenvalue weighted by Crippen LogP contribution is 2.22. The van der Waals surface area contributed by atoms with Gasteiger partial charge in [-0.15, -0.1) is 0 Å². The number of anilines is 1. The minimum atomic E-state index is 0.404. The van der Waals surface area contributed by atoms with E-state index in [2.05, 4.69) is 10.1 Å². The Morgan fingerprint density at radius 1 is 1.28 bits per heavy atom. The van der Waals surface area contributed by atoms with Crippen LogP contribution in [0.25, 0.3) is 11.4 Å². The maximum Gasteiger partial charge on any atom is 0.181 e. The van der Waals surface area contributed by atoms with E-state index in [0.717, 1.165) is 43.1 Å². The number of hydrogen-bond donors (Lipinski definition) is 1. The largest absolute Gasteiger partial charge is 0.399 e. The molecule has 0 atom stereocenters. The fourth-order valence-electron chi connectivity index (χ4n) is 2.21. The van der Waals surface area contributed by atoms with Crippen molar-refractivity contribution in [2.24, 2.45) is 0 Å². The van der Waals surface area contributed by atoms with Gasteiger partial charge in [0.1, 0.15) is 6.33 Å². The zero-order valence-corrected chi connectivity index (χ0v) is 10.1. The van der Waals surface area contributed by atoms with Gasteiger partial charge in [0.2, 0.25) is 0 Å². The predicted molar refractivity (Wildman–Crippen MR) is 69.0 cm³/mol. The third-order valence-corrected chi connectivity index (χ3v) is 3.22. The number of rotatable bonds is 2. The molecule has 0 saturated carbocycles. The fourth-order valence-corrected chi connectivity index (χ4v) is 2.21. The highest BCUT2D eigenvalue weighted by Gasteiger charge is 2.17. The molecular weight excluding hydrogens is 228 g/mol. The Labute approximate surface area is 106 Å². The van der Waals surface area contributed by atoms with Gasteiger partial charge in [0.15, 0.2) is 5.82 Å². The van der Waals surface area contributed by atoms with Crippen molar-refractivity contribution >= 4 is 5.69 Å². The molecule has 5 nitrogen and oxygen atoms in total. The molecule has 0 bridgehead atoms. The Kier molecular flexibility index (Phi) is 2.98. The average molecular weight is 244 g/mol. The number of nitrogen functional groups attached to an aromatic ring is 1. The van der Waals surface area contributed by atoms with Crippen molar-refractivity contribution in [1.82, 2.24) is 14.8 Å². The Bertz CT molecular complexity index is 531. The normalized spacial score (nSPS) is 16.9. The molecule has 1 aromatic heterocycles. The van der Waals surface area contributed by atoms with E-state index in [-0.39, 0.29) is 0 Å². The molecular formula is C13H16N4O. The summed E-state index contributed by atoms with van der Waals surface area (Å²) in [5.74, 6) is 0.730. The lowest BCUT2D eigenvalue weighted by Crippen LogP contribution is -2.19. The molecule has 2 aromatic rings. The van der Waals surface area contributed by atoms with E-state index in [4.69, 9.17) is 10.5 Å². The van der Waals surface area contributed by atoms with Crippen LogP contribution < -0.4 is 5.73 Å². The molecule has 0 aliphatic carbocycles. The SMILES string of the molecule is Nc1cccc(-c2ncn(C3CCOCC3)n2)c1. The van der Waals surface area contributed by atoms with Crippen molar-refractivity contribution in [3.63, 3.8) is 0 Å². The molecule has 18 heavy (non-hydrogen) atoms. The van der Waals surface area contributed by atoms with Crippen molar-refractivity contribution in [2.75, 3.05) is 18.9 Å². The monoisotopic (exact) mass is 244 g/mol. The van der Waals surface area contributed by atoms with Gasteiger partial charge in [0, 0.05) is 24.5 Å². The van der Waals surface area contributed by atoms with Gasteiger partial charge in [-0.25, -0.2) is 9.67 Å². The molecule has 5 heteroatoms. The van der Waals surface area contributed by atoms with E-state index in [1.54, 1.807) is 6.33 Å². The van der Waals surface area contributed by atoms with Crippen molar-refractivity contribution in [1.29, 1.82) is 0 Å². The Morgan fingerprint density at radius 3 is 2.89 bits per heavy atom. The first-order valence-electron chi connectivity index (χ1n) is 6.18. The van der Waals surface area contributed by atoms with E-state index >= 15 is 0 Å². The maximum absolute atomic E-state index is 5.77. The second kappa shape index (κ2) is 4.78. The molecule has 2 N–H and O–H groups in total. The molecule has 0 amide bonds. The highest BCUT2D eigenvalue weighted by molar-refractivity contribution is 5.60. The first-order valence-corrected chi connectivity index (χ1v) is 6.18. The Morgan fingerprint density at radius 2 is 2.11 bits per heavy atom. The molecule has 1 aliphatic rings. The van der Waals surface area contributed by atoms with Crippen molar-refractivity contribution in [3.8, 4) is 11.4 Å². The predicted octanol–water partition coefficient (Wildman–Crippen LogP) is 1.88. The summed E-state index contributed by atoms with van der Waals surface area (Å²) in [5, 5.41) is 4.54. The van der Waals surface area contributed by atoms with Crippen LogP contribution in [0.1, 0.15) is 18.9 Å². The lowest BCUT2D eigenvalue weighted by Gasteiger charge is -2.21. The molecule has 0 unspecified atom stereocenters. The first kappa shape index (κ1) is 11.2. The number of benzene rings is 1. The van der Waals surface area contributed by atoms with Gasteiger partial charge in [0.05, 0.1) is 6.04 Å². The zero-order valence-electron chi connectivity index (χ0n) is 10.1. The van der Waals surface area contributed by atoms with Gasteiger partial charge in [-0.1, -0.05) is 12.1 Å².